The van der Waals surface area contributed by atoms with Crippen molar-refractivity contribution in [3.63, 3.8) is 0 Å². The normalized spacial score (nSPS) is 17.4. The number of piperidine rings is 1. The van der Waals surface area contributed by atoms with Crippen molar-refractivity contribution in [1.29, 1.82) is 0 Å². The zero-order chi connectivity index (χ0) is 24.2. The lowest BCUT2D eigenvalue weighted by Gasteiger charge is -2.33. The van der Waals surface area contributed by atoms with E-state index in [9.17, 15) is 0 Å². The monoisotopic (exact) mass is 467 g/mol. The van der Waals surface area contributed by atoms with Crippen LogP contribution in [-0.2, 0) is 11.2 Å². The lowest BCUT2D eigenvalue weighted by molar-refractivity contribution is 0.0266. The highest BCUT2D eigenvalue weighted by molar-refractivity contribution is 6.30. The van der Waals surface area contributed by atoms with Gasteiger partial charge in [0.25, 0.3) is 0 Å². The van der Waals surface area contributed by atoms with E-state index in [1.54, 1.807) is 7.11 Å². The zero-order valence-corrected chi connectivity index (χ0v) is 20.5. The van der Waals surface area contributed by atoms with Gasteiger partial charge in [-0.05, 0) is 72.7 Å². The first-order chi connectivity index (χ1) is 16.7. The maximum Gasteiger partial charge on any atom is 0.118 e. The van der Waals surface area contributed by atoms with E-state index in [-0.39, 0.29) is 6.10 Å². The summed E-state index contributed by atoms with van der Waals surface area (Å²) in [5.74, 6) is 1.47. The largest absolute Gasteiger partial charge is 0.497 e. The number of hydrogen-bond donors (Lipinski definition) is 0. The Balaban J connectivity index is 0.00000158. The SMILES string of the molecule is COc1ccc(CCN2CCCC(COC(c3ccccc3)c3ccc(Cl)cc3)C2)cc1.[3H]C. The number of methoxy groups -OCH3 is 1. The molecule has 0 spiro atoms. The van der Waals surface area contributed by atoms with Crippen LogP contribution in [0.4, 0.5) is 0 Å². The van der Waals surface area contributed by atoms with E-state index in [2.05, 4.69) is 53.4 Å². The average Bonchev–Trinajstić information content (AvgIpc) is 2.91. The highest BCUT2D eigenvalue weighted by Gasteiger charge is 2.22. The Morgan fingerprint density at radius 3 is 2.39 bits per heavy atom. The van der Waals surface area contributed by atoms with Gasteiger partial charge in [0.15, 0.2) is 0 Å². The van der Waals surface area contributed by atoms with Crippen molar-refractivity contribution < 1.29 is 10.8 Å². The zero-order valence-electron chi connectivity index (χ0n) is 20.8. The Hall–Kier alpha value is -2.33. The first-order valence-electron chi connectivity index (χ1n) is 12.5. The van der Waals surface area contributed by atoms with Gasteiger partial charge in [-0.25, -0.2) is 0 Å². The summed E-state index contributed by atoms with van der Waals surface area (Å²) in [6.07, 6.45) is 3.45. The fourth-order valence-electron chi connectivity index (χ4n) is 4.45. The van der Waals surface area contributed by atoms with E-state index in [0.29, 0.717) is 5.92 Å². The molecule has 1 aliphatic heterocycles. The summed E-state index contributed by atoms with van der Waals surface area (Å²) in [5, 5.41) is 0.750. The van der Waals surface area contributed by atoms with Crippen molar-refractivity contribution in [2.24, 2.45) is 5.92 Å². The third kappa shape index (κ3) is 7.33. The van der Waals surface area contributed by atoms with Gasteiger partial charge in [0, 0.05) is 19.5 Å². The van der Waals surface area contributed by atoms with E-state index in [1.807, 2.05) is 30.3 Å². The Kier molecular flexibility index (Phi) is 9.23. The molecule has 1 fully saturated rings. The molecular formula is C29H36ClNO2. The highest BCUT2D eigenvalue weighted by atomic mass is 35.5. The summed E-state index contributed by atoms with van der Waals surface area (Å²) < 4.78 is 17.6. The fourth-order valence-corrected chi connectivity index (χ4v) is 4.58. The Bertz CT molecular complexity index is 950. The molecule has 0 amide bonds. The summed E-state index contributed by atoms with van der Waals surface area (Å²) in [6, 6.07) is 26.9. The third-order valence-corrected chi connectivity index (χ3v) is 6.50. The number of benzene rings is 3. The van der Waals surface area contributed by atoms with Crippen molar-refractivity contribution in [3.8, 4) is 5.75 Å². The minimum atomic E-state index is -0.0665. The molecule has 4 heteroatoms. The van der Waals surface area contributed by atoms with Crippen molar-refractivity contribution in [3.05, 3.63) is 101 Å². The van der Waals surface area contributed by atoms with Crippen LogP contribution in [0.5, 0.6) is 5.75 Å². The van der Waals surface area contributed by atoms with E-state index in [4.69, 9.17) is 22.4 Å². The molecule has 3 nitrogen and oxygen atoms in total. The van der Waals surface area contributed by atoms with Gasteiger partial charge in [0.2, 0.25) is 0 Å². The van der Waals surface area contributed by atoms with Crippen LogP contribution >= 0.6 is 11.6 Å². The van der Waals surface area contributed by atoms with Crippen molar-refractivity contribution in [2.75, 3.05) is 33.4 Å². The topological polar surface area (TPSA) is 21.7 Å². The Labute approximate surface area is 205 Å². The predicted octanol–water partition coefficient (Wildman–Crippen LogP) is 7.05. The van der Waals surface area contributed by atoms with Gasteiger partial charge in [-0.2, -0.15) is 0 Å². The van der Waals surface area contributed by atoms with E-state index in [0.717, 1.165) is 42.5 Å². The van der Waals surface area contributed by atoms with Crippen LogP contribution in [0.15, 0.2) is 78.9 Å². The Morgan fingerprint density at radius 2 is 1.70 bits per heavy atom. The van der Waals surface area contributed by atoms with Crippen molar-refractivity contribution >= 4 is 11.6 Å². The second kappa shape index (κ2) is 12.8. The molecule has 2 unspecified atom stereocenters. The summed E-state index contributed by atoms with van der Waals surface area (Å²) in [6.45, 7) is 4.12. The first-order valence-corrected chi connectivity index (χ1v) is 11.9. The second-order valence-corrected chi connectivity index (χ2v) is 9.02. The molecule has 0 saturated carbocycles. The molecule has 0 aromatic heterocycles. The van der Waals surface area contributed by atoms with Gasteiger partial charge in [0.1, 0.15) is 11.9 Å². The molecule has 1 aliphatic rings. The molecule has 33 heavy (non-hydrogen) atoms. The highest BCUT2D eigenvalue weighted by Crippen LogP contribution is 2.29. The summed E-state index contributed by atoms with van der Waals surface area (Å²) in [4.78, 5) is 2.58. The number of ether oxygens (including phenoxy) is 2. The number of hydrogen-bond acceptors (Lipinski definition) is 3. The van der Waals surface area contributed by atoms with Crippen molar-refractivity contribution in [2.45, 2.75) is 32.8 Å². The van der Waals surface area contributed by atoms with Crippen LogP contribution in [0, 0.1) is 5.92 Å². The molecule has 2 atom stereocenters. The van der Waals surface area contributed by atoms with E-state index < -0.39 is 0 Å². The molecule has 3 aromatic rings. The molecule has 0 aliphatic carbocycles. The number of rotatable bonds is 9. The van der Waals surface area contributed by atoms with Gasteiger partial charge >= 0.3 is 0 Å². The van der Waals surface area contributed by atoms with Crippen LogP contribution in [0.1, 0.15) is 44.4 Å². The molecule has 0 radical (unpaired) electrons. The molecular weight excluding hydrogens is 430 g/mol. The van der Waals surface area contributed by atoms with Gasteiger partial charge < -0.3 is 14.4 Å². The maximum absolute atomic E-state index is 6.55. The van der Waals surface area contributed by atoms with Crippen LogP contribution < -0.4 is 4.74 Å². The maximum atomic E-state index is 6.55. The molecule has 1 saturated heterocycles. The molecule has 176 valence electrons. The fraction of sp³-hybridized carbons (Fsp3) is 0.379. The first kappa shape index (κ1) is 23.8. The van der Waals surface area contributed by atoms with Crippen molar-refractivity contribution in [1.82, 2.24) is 4.90 Å². The van der Waals surface area contributed by atoms with Gasteiger partial charge in [-0.1, -0.05) is 73.6 Å². The predicted molar refractivity (Wildman–Crippen MR) is 138 cm³/mol. The number of likely N-dealkylation sites (tertiary alicyclic amines) is 1. The van der Waals surface area contributed by atoms with E-state index >= 15 is 0 Å². The second-order valence-electron chi connectivity index (χ2n) is 8.58. The van der Waals surface area contributed by atoms with Gasteiger partial charge in [-0.15, -0.1) is 0 Å². The molecule has 0 bridgehead atoms. The summed E-state index contributed by atoms with van der Waals surface area (Å²) in [7, 11) is 2.96. The standard InChI is InChI=1S/C28H32ClNO2.CH4/c1-31-27-15-9-22(10-16-27)17-19-30-18-5-6-23(20-30)21-32-28(24-7-3-2-4-8-24)25-11-13-26(29)14-12-25;/h2-4,7-16,23,28H,5-6,17-21H2,1H3;1H4/i;1T. The quantitative estimate of drug-likeness (QED) is 0.336. The van der Waals surface area contributed by atoms with Crippen LogP contribution in [-0.4, -0.2) is 38.3 Å². The lowest BCUT2D eigenvalue weighted by Crippen LogP contribution is -2.38. The summed E-state index contributed by atoms with van der Waals surface area (Å²) >= 11 is 6.11. The van der Waals surface area contributed by atoms with Crippen LogP contribution in [0.25, 0.3) is 0 Å². The smallest absolute Gasteiger partial charge is 0.118 e. The average molecular weight is 468 g/mol. The third-order valence-electron chi connectivity index (χ3n) is 6.25. The van der Waals surface area contributed by atoms with Crippen LogP contribution in [0.3, 0.4) is 0 Å². The Morgan fingerprint density at radius 1 is 1.00 bits per heavy atom. The summed E-state index contributed by atoms with van der Waals surface area (Å²) in [5.41, 5.74) is 3.69. The van der Waals surface area contributed by atoms with Crippen LogP contribution in [0.2, 0.25) is 5.02 Å². The molecule has 1 heterocycles. The lowest BCUT2D eigenvalue weighted by atomic mass is 9.97. The minimum Gasteiger partial charge on any atom is -0.497 e. The number of halogens is 1. The molecule has 4 rings (SSSR count). The van der Waals surface area contributed by atoms with E-state index in [1.165, 1.54) is 37.9 Å². The van der Waals surface area contributed by atoms with Gasteiger partial charge in [-0.3, -0.25) is 0 Å². The number of nitrogens with zero attached hydrogens (tertiary/aromatic N) is 1. The minimum absolute atomic E-state index is 0.0665. The van der Waals surface area contributed by atoms with Gasteiger partial charge in [0.05, 0.1) is 13.7 Å². The molecule has 0 N–H and O–H groups in total. The molecule has 3 aromatic carbocycles.